The number of nitrogens with zero attached hydrogens (tertiary/aromatic N) is 1. The highest BCUT2D eigenvalue weighted by Gasteiger charge is 2.26. The van der Waals surface area contributed by atoms with Crippen molar-refractivity contribution < 1.29 is 12.8 Å². The summed E-state index contributed by atoms with van der Waals surface area (Å²) >= 11 is 0. The van der Waals surface area contributed by atoms with Crippen molar-refractivity contribution in [3.8, 4) is 0 Å². The van der Waals surface area contributed by atoms with Crippen LogP contribution in [0.4, 0.5) is 10.1 Å². The monoisotopic (exact) mass is 300 g/mol. The van der Waals surface area contributed by atoms with Gasteiger partial charge in [0.1, 0.15) is 5.82 Å². The molecule has 112 valence electrons. The fourth-order valence-corrected chi connectivity index (χ4v) is 4.00. The molecule has 1 aliphatic heterocycles. The number of hydrogen-bond acceptors (Lipinski definition) is 3. The molecule has 1 aromatic rings. The van der Waals surface area contributed by atoms with E-state index in [4.69, 9.17) is 5.73 Å². The lowest BCUT2D eigenvalue weighted by Gasteiger charge is -2.24. The third-order valence-electron chi connectivity index (χ3n) is 3.81. The normalized spacial score (nSPS) is 18.5. The number of anilines is 1. The molecule has 1 saturated heterocycles. The largest absolute Gasteiger partial charge is 0.398 e. The lowest BCUT2D eigenvalue weighted by atomic mass is 10.1. The number of halogens is 1. The molecule has 4 nitrogen and oxygen atoms in total. The number of benzene rings is 1. The van der Waals surface area contributed by atoms with Crippen molar-refractivity contribution in [2.24, 2.45) is 0 Å². The molecule has 1 fully saturated rings. The van der Waals surface area contributed by atoms with Crippen molar-refractivity contribution in [3.63, 3.8) is 0 Å². The predicted molar refractivity (Wildman–Crippen MR) is 77.4 cm³/mol. The quantitative estimate of drug-likeness (QED) is 0.854. The Morgan fingerprint density at radius 2 is 1.65 bits per heavy atom. The smallest absolute Gasteiger partial charge is 0.243 e. The van der Waals surface area contributed by atoms with Gasteiger partial charge in [-0.3, -0.25) is 0 Å². The molecule has 0 unspecified atom stereocenters. The number of sulfonamides is 1. The molecule has 1 aliphatic rings. The molecule has 0 aromatic heterocycles. The zero-order chi connectivity index (χ0) is 14.8. The van der Waals surface area contributed by atoms with E-state index in [0.717, 1.165) is 38.2 Å². The van der Waals surface area contributed by atoms with E-state index in [2.05, 4.69) is 0 Å². The second-order valence-electron chi connectivity index (χ2n) is 5.29. The van der Waals surface area contributed by atoms with Crippen molar-refractivity contribution in [2.45, 2.75) is 43.9 Å². The Labute approximate surface area is 119 Å². The summed E-state index contributed by atoms with van der Waals surface area (Å²) in [6.45, 7) is 2.53. The molecule has 1 heterocycles. The van der Waals surface area contributed by atoms with Crippen molar-refractivity contribution in [2.75, 3.05) is 18.8 Å². The standard InChI is InChI=1S/C14H21FN2O2S/c1-11-13(15)9-12(10-14(11)16)20(18,19)17-7-5-3-2-4-6-8-17/h9-10H,2-8,16H2,1H3. The molecule has 2 N–H and O–H groups in total. The first-order valence-corrected chi connectivity index (χ1v) is 8.42. The average Bonchev–Trinajstić information content (AvgIpc) is 2.34. The van der Waals surface area contributed by atoms with Crippen LogP contribution in [0.5, 0.6) is 0 Å². The van der Waals surface area contributed by atoms with Crippen molar-refractivity contribution in [3.05, 3.63) is 23.5 Å². The van der Waals surface area contributed by atoms with E-state index < -0.39 is 15.8 Å². The first-order chi connectivity index (χ1) is 9.43. The molecule has 6 heteroatoms. The molecule has 0 aliphatic carbocycles. The van der Waals surface area contributed by atoms with Gasteiger partial charge in [-0.05, 0) is 31.9 Å². The second-order valence-corrected chi connectivity index (χ2v) is 7.23. The predicted octanol–water partition coefficient (Wildman–Crippen LogP) is 2.67. The van der Waals surface area contributed by atoms with Crippen LogP contribution in [-0.2, 0) is 10.0 Å². The van der Waals surface area contributed by atoms with Gasteiger partial charge in [-0.1, -0.05) is 19.3 Å². The average molecular weight is 300 g/mol. The van der Waals surface area contributed by atoms with E-state index in [9.17, 15) is 12.8 Å². The molecule has 0 radical (unpaired) electrons. The van der Waals surface area contributed by atoms with E-state index in [1.54, 1.807) is 0 Å². The van der Waals surface area contributed by atoms with Gasteiger partial charge >= 0.3 is 0 Å². The van der Waals surface area contributed by atoms with Crippen LogP contribution in [-0.4, -0.2) is 25.8 Å². The minimum atomic E-state index is -3.65. The van der Waals surface area contributed by atoms with Crippen LogP contribution in [0.25, 0.3) is 0 Å². The number of hydrogen-bond donors (Lipinski definition) is 1. The Kier molecular flexibility index (Phi) is 4.65. The zero-order valence-corrected chi connectivity index (χ0v) is 12.5. The molecule has 0 atom stereocenters. The summed E-state index contributed by atoms with van der Waals surface area (Å²) in [7, 11) is -3.65. The Morgan fingerprint density at radius 3 is 2.20 bits per heavy atom. The van der Waals surface area contributed by atoms with Gasteiger partial charge in [-0.25, -0.2) is 12.8 Å². The van der Waals surface area contributed by atoms with Crippen LogP contribution >= 0.6 is 0 Å². The Bertz CT molecular complexity index is 556. The summed E-state index contributed by atoms with van der Waals surface area (Å²) in [5, 5.41) is 0. The minimum Gasteiger partial charge on any atom is -0.398 e. The van der Waals surface area contributed by atoms with Crippen LogP contribution < -0.4 is 5.73 Å². The van der Waals surface area contributed by atoms with Crippen molar-refractivity contribution in [1.29, 1.82) is 0 Å². The summed E-state index contributed by atoms with van der Waals surface area (Å²) < 4.78 is 40.3. The highest BCUT2D eigenvalue weighted by molar-refractivity contribution is 7.89. The fraction of sp³-hybridized carbons (Fsp3) is 0.571. The highest BCUT2D eigenvalue weighted by atomic mass is 32.2. The first kappa shape index (κ1) is 15.3. The van der Waals surface area contributed by atoms with Crippen LogP contribution in [0.3, 0.4) is 0 Å². The number of nitrogen functional groups attached to an aromatic ring is 1. The van der Waals surface area contributed by atoms with Crippen molar-refractivity contribution >= 4 is 15.7 Å². The number of rotatable bonds is 2. The third kappa shape index (κ3) is 3.12. The van der Waals surface area contributed by atoms with Gasteiger partial charge in [0.15, 0.2) is 0 Å². The Hall–Kier alpha value is -1.14. The van der Waals surface area contributed by atoms with Crippen LogP contribution in [0.2, 0.25) is 0 Å². The lowest BCUT2D eigenvalue weighted by Crippen LogP contribution is -2.34. The fourth-order valence-electron chi connectivity index (χ4n) is 2.43. The zero-order valence-electron chi connectivity index (χ0n) is 11.7. The van der Waals surface area contributed by atoms with E-state index in [1.165, 1.54) is 17.3 Å². The topological polar surface area (TPSA) is 63.4 Å². The van der Waals surface area contributed by atoms with E-state index in [-0.39, 0.29) is 16.1 Å². The second kappa shape index (κ2) is 6.10. The Balaban J connectivity index is 2.33. The van der Waals surface area contributed by atoms with E-state index in [1.807, 2.05) is 0 Å². The van der Waals surface area contributed by atoms with Crippen LogP contribution in [0.15, 0.2) is 17.0 Å². The molecule has 2 rings (SSSR count). The summed E-state index contributed by atoms with van der Waals surface area (Å²) in [4.78, 5) is -0.0429. The number of nitrogens with two attached hydrogens (primary N) is 1. The van der Waals surface area contributed by atoms with Gasteiger partial charge < -0.3 is 5.73 Å². The van der Waals surface area contributed by atoms with Gasteiger partial charge in [-0.15, -0.1) is 0 Å². The summed E-state index contributed by atoms with van der Waals surface area (Å²) in [5.41, 5.74) is 6.15. The molecule has 0 bridgehead atoms. The summed E-state index contributed by atoms with van der Waals surface area (Å²) in [6, 6.07) is 2.42. The van der Waals surface area contributed by atoms with Gasteiger partial charge in [0.25, 0.3) is 0 Å². The molecule has 0 amide bonds. The van der Waals surface area contributed by atoms with Crippen molar-refractivity contribution in [1.82, 2.24) is 4.31 Å². The maximum Gasteiger partial charge on any atom is 0.243 e. The maximum absolute atomic E-state index is 13.7. The molecule has 0 spiro atoms. The molecular weight excluding hydrogens is 279 g/mol. The SMILES string of the molecule is Cc1c(N)cc(S(=O)(=O)N2CCCCCCC2)cc1F. The molecular formula is C14H21FN2O2S. The molecule has 0 saturated carbocycles. The Morgan fingerprint density at radius 1 is 1.10 bits per heavy atom. The van der Waals surface area contributed by atoms with Gasteiger partial charge in [0, 0.05) is 24.3 Å². The van der Waals surface area contributed by atoms with Crippen LogP contribution in [0.1, 0.15) is 37.7 Å². The van der Waals surface area contributed by atoms with Gasteiger partial charge in [-0.2, -0.15) is 4.31 Å². The summed E-state index contributed by atoms with van der Waals surface area (Å²) in [6.07, 6.45) is 4.93. The van der Waals surface area contributed by atoms with Crippen LogP contribution in [0, 0.1) is 12.7 Å². The highest BCUT2D eigenvalue weighted by Crippen LogP contribution is 2.25. The van der Waals surface area contributed by atoms with E-state index >= 15 is 0 Å². The summed E-state index contributed by atoms with van der Waals surface area (Å²) in [5.74, 6) is -0.574. The molecule has 1 aromatic carbocycles. The third-order valence-corrected chi connectivity index (χ3v) is 5.69. The maximum atomic E-state index is 13.7. The minimum absolute atomic E-state index is 0.0429. The van der Waals surface area contributed by atoms with Gasteiger partial charge in [0.2, 0.25) is 10.0 Å². The van der Waals surface area contributed by atoms with E-state index in [0.29, 0.717) is 13.1 Å². The molecule has 20 heavy (non-hydrogen) atoms. The van der Waals surface area contributed by atoms with Gasteiger partial charge in [0.05, 0.1) is 4.90 Å². The lowest BCUT2D eigenvalue weighted by molar-refractivity contribution is 0.364. The first-order valence-electron chi connectivity index (χ1n) is 6.98.